The molecule has 0 radical (unpaired) electrons. The van der Waals surface area contributed by atoms with Crippen LogP contribution in [-0.4, -0.2) is 146 Å². The fraction of sp³-hybridized carbons (Fsp3) is 0.554. The highest BCUT2D eigenvalue weighted by Gasteiger charge is 2.42. The summed E-state index contributed by atoms with van der Waals surface area (Å²) in [5, 5.41) is 5.06. The number of nitrogens with one attached hydrogen (secondary N) is 2. The number of methoxy groups -OCH3 is 1. The third-order valence-electron chi connectivity index (χ3n) is 14.3. The topological polar surface area (TPSA) is 147 Å². The number of aldehydes is 1. The van der Waals surface area contributed by atoms with Gasteiger partial charge in [-0.05, 0) is 113 Å². The molecule has 2 aromatic carbocycles. The van der Waals surface area contributed by atoms with Gasteiger partial charge < -0.3 is 33.8 Å². The molecule has 3 aromatic rings. The average Bonchev–Trinajstić information content (AvgIpc) is 3.59. The highest BCUT2D eigenvalue weighted by atomic mass is 19.4. The van der Waals surface area contributed by atoms with Crippen LogP contribution in [0.1, 0.15) is 85.1 Å². The van der Waals surface area contributed by atoms with E-state index in [0.29, 0.717) is 64.9 Å². The van der Waals surface area contributed by atoms with Crippen molar-refractivity contribution in [3.8, 4) is 23.0 Å². The number of amides is 3. The van der Waals surface area contributed by atoms with Crippen molar-refractivity contribution in [2.45, 2.75) is 123 Å². The van der Waals surface area contributed by atoms with E-state index in [1.165, 1.54) is 22.8 Å². The first-order valence-corrected chi connectivity index (χ1v) is 25.1. The van der Waals surface area contributed by atoms with E-state index in [-0.39, 0.29) is 57.1 Å². The molecule has 0 unspecified atom stereocenters. The molecule has 73 heavy (non-hydrogen) atoms. The SMILES string of the molecule is C=C/C(=C(\N=C/C)[C@H](C)OC)c1c2c3cc(ccc3n1CC(F)(F)F)-c1cccc(c1)C[C@H](NC(=O)[C@@H](COC1CN(C(=O)C#CC(C)(C)N(C)C)C1)C(C)C)C(=O)N1CCC[C@](C=O)(COCC(C)(C)C2)N1. The molecule has 2 saturated heterocycles. The number of fused-ring (bicyclic) bond motifs is 6. The number of hydrogen-bond acceptors (Lipinski definition) is 10. The van der Waals surface area contributed by atoms with Crippen LogP contribution in [0.25, 0.3) is 27.6 Å². The normalized spacial score (nSPS) is 21.3. The largest absolute Gasteiger partial charge is 0.406 e. The number of aromatic nitrogens is 1. The fourth-order valence-electron chi connectivity index (χ4n) is 9.46. The van der Waals surface area contributed by atoms with Crippen LogP contribution in [0.15, 0.2) is 65.8 Å². The van der Waals surface area contributed by atoms with Gasteiger partial charge >= 0.3 is 6.18 Å². The molecule has 1 aromatic heterocycles. The van der Waals surface area contributed by atoms with Crippen molar-refractivity contribution in [1.29, 1.82) is 0 Å². The average molecular weight is 1010 g/mol. The molecule has 6 rings (SSSR count). The Morgan fingerprint density at radius 2 is 1.81 bits per heavy atom. The van der Waals surface area contributed by atoms with Gasteiger partial charge in [-0.25, -0.2) is 5.43 Å². The van der Waals surface area contributed by atoms with E-state index in [1.807, 2.05) is 90.9 Å². The van der Waals surface area contributed by atoms with Crippen molar-refractivity contribution in [3.63, 3.8) is 0 Å². The lowest BCUT2D eigenvalue weighted by atomic mass is 9.83. The van der Waals surface area contributed by atoms with Crippen LogP contribution in [0.4, 0.5) is 13.2 Å². The second-order valence-corrected chi connectivity index (χ2v) is 21.5. The first kappa shape index (κ1) is 56.7. The van der Waals surface area contributed by atoms with Crippen molar-refractivity contribution in [1.82, 2.24) is 30.1 Å². The monoisotopic (exact) mass is 1010 g/mol. The fourth-order valence-corrected chi connectivity index (χ4v) is 9.46. The number of carbonyl (C=O) groups is 4. The Bertz CT molecular complexity index is 2650. The standard InChI is InChI=1S/C56H74F3N7O7/c1-13-42(49(60-14-2)37(5)71-12)50-44-28-53(6,7)34-72-35-55(33-67)22-16-24-66(62-55)52(70)46(26-38-17-15-18-39(25-38)40-19-20-47(43(44)27-40)65(50)32-56(57,58)59)61-51(69)45(36(3)4)31-73-41-29-64(30-41)48(68)21-23-54(8,9)63(10)11/h13-15,17-20,25,27,33,36-37,41,45-46,62H,1,16,22,24,26,28-32,34-35H2,2-12H3,(H,61,69)/b49-42+,60-14-/t37-,45-,46-,55-/m0/s1. The lowest BCUT2D eigenvalue weighted by molar-refractivity contribution is -0.149. The number of likely N-dealkylation sites (tertiary alicyclic amines) is 1. The van der Waals surface area contributed by atoms with Crippen LogP contribution in [0.2, 0.25) is 0 Å². The van der Waals surface area contributed by atoms with Crippen LogP contribution in [0.3, 0.4) is 0 Å². The Labute approximate surface area is 428 Å². The summed E-state index contributed by atoms with van der Waals surface area (Å²) in [5.74, 6) is 3.80. The lowest BCUT2D eigenvalue weighted by Gasteiger charge is -2.42. The molecule has 396 valence electrons. The number of nitrogens with zero attached hydrogens (tertiary/aromatic N) is 5. The molecule has 6 bridgehead atoms. The van der Waals surface area contributed by atoms with Gasteiger partial charge in [-0.1, -0.05) is 76.6 Å². The van der Waals surface area contributed by atoms with E-state index in [9.17, 15) is 32.3 Å². The second kappa shape index (κ2) is 23.3. The highest BCUT2D eigenvalue weighted by molar-refractivity contribution is 5.96. The minimum Gasteiger partial charge on any atom is -0.378 e. The maximum absolute atomic E-state index is 14.8. The number of halogens is 3. The molecule has 0 spiro atoms. The second-order valence-electron chi connectivity index (χ2n) is 21.5. The molecular formula is C56H74F3N7O7. The first-order valence-electron chi connectivity index (χ1n) is 25.1. The summed E-state index contributed by atoms with van der Waals surface area (Å²) in [6, 6.07) is 11.8. The molecule has 0 aliphatic carbocycles. The Hall–Kier alpha value is -5.64. The van der Waals surface area contributed by atoms with Gasteiger partial charge in [0, 0.05) is 55.9 Å². The van der Waals surface area contributed by atoms with E-state index < -0.39 is 59.1 Å². The van der Waals surface area contributed by atoms with Crippen LogP contribution in [0, 0.1) is 29.1 Å². The van der Waals surface area contributed by atoms with E-state index in [0.717, 1.165) is 17.4 Å². The van der Waals surface area contributed by atoms with Gasteiger partial charge in [0.1, 0.15) is 24.4 Å². The minimum atomic E-state index is -4.60. The maximum Gasteiger partial charge on any atom is 0.406 e. The number of hydrazine groups is 1. The summed E-state index contributed by atoms with van der Waals surface area (Å²) < 4.78 is 63.9. The molecule has 3 aliphatic rings. The smallest absolute Gasteiger partial charge is 0.378 e. The van der Waals surface area contributed by atoms with Crippen LogP contribution in [-0.2, 0) is 52.8 Å². The van der Waals surface area contributed by atoms with E-state index >= 15 is 0 Å². The molecule has 17 heteroatoms. The summed E-state index contributed by atoms with van der Waals surface area (Å²) in [6.45, 7) is 18.9. The maximum atomic E-state index is 14.8. The molecule has 14 nitrogen and oxygen atoms in total. The van der Waals surface area contributed by atoms with Crippen LogP contribution >= 0.6 is 0 Å². The van der Waals surface area contributed by atoms with E-state index in [2.05, 4.69) is 34.2 Å². The number of rotatable bonds is 14. The van der Waals surface area contributed by atoms with Gasteiger partial charge in [-0.3, -0.25) is 29.3 Å². The number of allylic oxidation sites excluding steroid dienone is 2. The summed E-state index contributed by atoms with van der Waals surface area (Å²) in [5.41, 5.74) is 4.98. The van der Waals surface area contributed by atoms with Gasteiger partial charge in [-0.2, -0.15) is 13.2 Å². The summed E-state index contributed by atoms with van der Waals surface area (Å²) >= 11 is 0. The van der Waals surface area contributed by atoms with Gasteiger partial charge in [0.05, 0.1) is 54.9 Å². The first-order chi connectivity index (χ1) is 34.3. The lowest BCUT2D eigenvalue weighted by Crippen LogP contribution is -2.66. The van der Waals surface area contributed by atoms with Crippen LogP contribution in [0.5, 0.6) is 0 Å². The van der Waals surface area contributed by atoms with E-state index in [4.69, 9.17) is 14.2 Å². The third kappa shape index (κ3) is 13.6. The Kier molecular flexibility index (Phi) is 18.1. The number of carbonyl (C=O) groups excluding carboxylic acids is 4. The number of aliphatic imine (C=N–C) groups is 1. The van der Waals surface area contributed by atoms with Crippen molar-refractivity contribution < 1.29 is 46.6 Å². The number of ether oxygens (including phenoxy) is 3. The molecule has 4 heterocycles. The number of hydrogen-bond donors (Lipinski definition) is 2. The zero-order valence-corrected chi connectivity index (χ0v) is 44.4. The molecule has 3 aliphatic heterocycles. The Morgan fingerprint density at radius 3 is 2.44 bits per heavy atom. The quantitative estimate of drug-likeness (QED) is 0.0729. The summed E-state index contributed by atoms with van der Waals surface area (Å²) in [6.07, 6.45) is -0.470. The third-order valence-corrected chi connectivity index (χ3v) is 14.3. The van der Waals surface area contributed by atoms with Gasteiger partial charge in [0.25, 0.3) is 11.8 Å². The molecule has 2 N–H and O–H groups in total. The van der Waals surface area contributed by atoms with Crippen molar-refractivity contribution >= 4 is 46.7 Å². The summed E-state index contributed by atoms with van der Waals surface area (Å²) in [4.78, 5) is 63.3. The van der Waals surface area contributed by atoms with Gasteiger partial charge in [0.15, 0.2) is 0 Å². The minimum absolute atomic E-state index is 0.0509. The predicted molar refractivity (Wildman–Crippen MR) is 278 cm³/mol. The van der Waals surface area contributed by atoms with Crippen molar-refractivity contribution in [3.05, 3.63) is 77.6 Å². The van der Waals surface area contributed by atoms with Crippen molar-refractivity contribution in [2.24, 2.45) is 22.2 Å². The molecule has 0 saturated carbocycles. The zero-order valence-electron chi connectivity index (χ0n) is 44.4. The predicted octanol–water partition coefficient (Wildman–Crippen LogP) is 7.43. The van der Waals surface area contributed by atoms with Crippen LogP contribution < -0.4 is 10.7 Å². The molecular weight excluding hydrogens is 940 g/mol. The number of benzene rings is 2. The molecule has 2 fully saturated rings. The zero-order chi connectivity index (χ0) is 53.6. The summed E-state index contributed by atoms with van der Waals surface area (Å²) in [7, 11) is 5.31. The Morgan fingerprint density at radius 1 is 1.10 bits per heavy atom. The van der Waals surface area contributed by atoms with E-state index in [1.54, 1.807) is 37.1 Å². The van der Waals surface area contributed by atoms with Gasteiger partial charge in [0.2, 0.25) is 5.91 Å². The molecule has 3 amide bonds. The van der Waals surface area contributed by atoms with Crippen molar-refractivity contribution in [2.75, 3.05) is 60.7 Å². The highest BCUT2D eigenvalue weighted by Crippen LogP contribution is 2.41. The molecule has 4 atom stereocenters. The number of alkyl halides is 3. The Balaban J connectivity index is 1.40. The van der Waals surface area contributed by atoms with Gasteiger partial charge in [-0.15, -0.1) is 0 Å².